The maximum absolute atomic E-state index is 13.3. The van der Waals surface area contributed by atoms with Gasteiger partial charge in [-0.3, -0.25) is 4.79 Å². The van der Waals surface area contributed by atoms with Gasteiger partial charge in [0.2, 0.25) is 0 Å². The van der Waals surface area contributed by atoms with Gasteiger partial charge in [0.25, 0.3) is 5.91 Å². The summed E-state index contributed by atoms with van der Waals surface area (Å²) in [5, 5.41) is 1.59. The number of pyridine rings is 1. The van der Waals surface area contributed by atoms with E-state index in [-0.39, 0.29) is 11.7 Å². The van der Waals surface area contributed by atoms with Crippen LogP contribution in [0, 0.1) is 5.92 Å². The van der Waals surface area contributed by atoms with Crippen LogP contribution in [0.2, 0.25) is 0 Å². The number of hydrogen-bond donors (Lipinski definition) is 0. The van der Waals surface area contributed by atoms with Gasteiger partial charge in [0.15, 0.2) is 9.84 Å². The molecule has 5 nitrogen and oxygen atoms in total. The van der Waals surface area contributed by atoms with Gasteiger partial charge in [-0.05, 0) is 55.2 Å². The molecule has 5 rings (SSSR count). The average Bonchev–Trinajstić information content (AvgIpc) is 2.82. The monoisotopic (exact) mass is 448 g/mol. The number of fused-ring (bicyclic) bond motifs is 2. The number of amides is 1. The van der Waals surface area contributed by atoms with E-state index in [2.05, 4.69) is 4.98 Å². The first-order valence-corrected chi connectivity index (χ1v) is 13.2. The van der Waals surface area contributed by atoms with Gasteiger partial charge < -0.3 is 4.90 Å². The lowest BCUT2D eigenvalue weighted by Crippen LogP contribution is -2.49. The van der Waals surface area contributed by atoms with Crippen LogP contribution in [-0.4, -0.2) is 36.8 Å². The Balaban J connectivity index is 1.41. The van der Waals surface area contributed by atoms with Crippen molar-refractivity contribution in [2.45, 2.75) is 55.2 Å². The van der Waals surface area contributed by atoms with E-state index in [0.717, 1.165) is 24.8 Å². The van der Waals surface area contributed by atoms with Crippen LogP contribution in [0.25, 0.3) is 10.8 Å². The summed E-state index contributed by atoms with van der Waals surface area (Å²) in [6.45, 7) is 0.764. The topological polar surface area (TPSA) is 67.3 Å². The summed E-state index contributed by atoms with van der Waals surface area (Å²) in [4.78, 5) is 20.1. The van der Waals surface area contributed by atoms with E-state index in [0.29, 0.717) is 33.6 Å². The van der Waals surface area contributed by atoms with Crippen molar-refractivity contribution in [1.82, 2.24) is 9.88 Å². The molecule has 1 aromatic heterocycles. The minimum absolute atomic E-state index is 0.0639. The second-order valence-corrected chi connectivity index (χ2v) is 11.0. The van der Waals surface area contributed by atoms with Crippen molar-refractivity contribution in [3.05, 3.63) is 72.1 Å². The Hall–Kier alpha value is -2.73. The van der Waals surface area contributed by atoms with Crippen molar-refractivity contribution in [2.75, 3.05) is 6.54 Å². The van der Waals surface area contributed by atoms with Gasteiger partial charge in [0.05, 0.1) is 16.3 Å². The molecule has 2 aliphatic rings. The molecule has 0 bridgehead atoms. The van der Waals surface area contributed by atoms with Gasteiger partial charge in [0, 0.05) is 18.0 Å². The number of aromatic nitrogens is 1. The Morgan fingerprint density at radius 1 is 0.906 bits per heavy atom. The largest absolute Gasteiger partial charge is 0.334 e. The zero-order valence-electron chi connectivity index (χ0n) is 18.1. The van der Waals surface area contributed by atoms with Crippen LogP contribution in [0.3, 0.4) is 0 Å². The minimum atomic E-state index is -3.61. The molecule has 0 N–H and O–H groups in total. The second kappa shape index (κ2) is 8.66. The number of sulfone groups is 1. The van der Waals surface area contributed by atoms with Gasteiger partial charge >= 0.3 is 0 Å². The lowest BCUT2D eigenvalue weighted by atomic mass is 9.78. The average molecular weight is 449 g/mol. The van der Waals surface area contributed by atoms with Gasteiger partial charge in [-0.25, -0.2) is 13.4 Å². The molecule has 1 aliphatic carbocycles. The van der Waals surface area contributed by atoms with Crippen LogP contribution < -0.4 is 0 Å². The summed E-state index contributed by atoms with van der Waals surface area (Å²) in [7, 11) is -3.61. The van der Waals surface area contributed by atoms with Crippen molar-refractivity contribution in [3.63, 3.8) is 0 Å². The van der Waals surface area contributed by atoms with E-state index in [4.69, 9.17) is 0 Å². The molecule has 6 heteroatoms. The first kappa shape index (κ1) is 21.1. The van der Waals surface area contributed by atoms with Crippen molar-refractivity contribution in [2.24, 2.45) is 5.92 Å². The Morgan fingerprint density at radius 3 is 2.56 bits per heavy atom. The summed E-state index contributed by atoms with van der Waals surface area (Å²) in [6, 6.07) is 18.2. The number of nitrogens with zero attached hydrogens (tertiary/aromatic N) is 2. The molecule has 1 saturated heterocycles. The molecule has 1 saturated carbocycles. The molecule has 166 valence electrons. The van der Waals surface area contributed by atoms with E-state index in [1.54, 1.807) is 30.3 Å². The number of benzene rings is 2. The van der Waals surface area contributed by atoms with Crippen LogP contribution in [0.5, 0.6) is 0 Å². The lowest BCUT2D eigenvalue weighted by molar-refractivity contribution is 0.0385. The van der Waals surface area contributed by atoms with Crippen molar-refractivity contribution in [3.8, 4) is 0 Å². The molecular formula is C26H28N2O3S. The van der Waals surface area contributed by atoms with Gasteiger partial charge in [-0.2, -0.15) is 0 Å². The fourth-order valence-corrected chi connectivity index (χ4v) is 6.95. The highest BCUT2D eigenvalue weighted by atomic mass is 32.2. The van der Waals surface area contributed by atoms with E-state index in [1.165, 1.54) is 25.7 Å². The third-order valence-corrected chi connectivity index (χ3v) is 8.65. The smallest absolute Gasteiger partial charge is 0.272 e. The molecule has 1 aliphatic heterocycles. The van der Waals surface area contributed by atoms with Gasteiger partial charge in [-0.15, -0.1) is 0 Å². The van der Waals surface area contributed by atoms with Crippen LogP contribution >= 0.6 is 0 Å². The Kier molecular flexibility index (Phi) is 5.72. The highest BCUT2D eigenvalue weighted by Crippen LogP contribution is 2.36. The molecule has 2 atom stereocenters. The fourth-order valence-electron chi connectivity index (χ4n) is 5.44. The molecule has 2 aromatic carbocycles. The Morgan fingerprint density at radius 2 is 1.66 bits per heavy atom. The first-order chi connectivity index (χ1) is 15.5. The van der Waals surface area contributed by atoms with Gasteiger partial charge in [0.1, 0.15) is 5.69 Å². The SMILES string of the molecule is O=C(c1cccc(CS(=O)(=O)c2cccc3ccccc23)n1)N1CCCC2CCCCC21. The fraction of sp³-hybridized carbons (Fsp3) is 0.385. The standard InChI is InChI=1S/C26H28N2O3S/c29-26(28-17-7-11-20-9-2-4-15-24(20)28)23-14-6-12-21(27-23)18-32(30,31)25-16-5-10-19-8-1-3-13-22(19)25/h1,3,5-6,8,10,12-14,16,20,24H,2,4,7,9,11,15,17-18H2. The maximum Gasteiger partial charge on any atom is 0.272 e. The number of piperidine rings is 1. The zero-order valence-corrected chi connectivity index (χ0v) is 18.9. The highest BCUT2D eigenvalue weighted by molar-refractivity contribution is 7.90. The summed E-state index contributed by atoms with van der Waals surface area (Å²) in [5.41, 5.74) is 0.753. The van der Waals surface area contributed by atoms with Crippen LogP contribution in [0.1, 0.15) is 54.7 Å². The number of likely N-dealkylation sites (tertiary alicyclic amines) is 1. The highest BCUT2D eigenvalue weighted by Gasteiger charge is 2.36. The summed E-state index contributed by atoms with van der Waals surface area (Å²) in [5.74, 6) is 0.302. The van der Waals surface area contributed by atoms with Crippen molar-refractivity contribution < 1.29 is 13.2 Å². The van der Waals surface area contributed by atoms with E-state index in [9.17, 15) is 13.2 Å². The molecule has 3 aromatic rings. The number of rotatable bonds is 4. The molecular weight excluding hydrogens is 420 g/mol. The molecule has 2 unspecified atom stereocenters. The van der Waals surface area contributed by atoms with Crippen LogP contribution in [-0.2, 0) is 15.6 Å². The first-order valence-electron chi connectivity index (χ1n) is 11.5. The van der Waals surface area contributed by atoms with Crippen molar-refractivity contribution >= 4 is 26.5 Å². The number of carbonyl (C=O) groups is 1. The number of carbonyl (C=O) groups excluding carboxylic acids is 1. The Labute approximate surface area is 189 Å². The summed E-state index contributed by atoms with van der Waals surface area (Å²) >= 11 is 0. The van der Waals surface area contributed by atoms with Gasteiger partial charge in [-0.1, -0.05) is 55.3 Å². The van der Waals surface area contributed by atoms with Crippen LogP contribution in [0.4, 0.5) is 0 Å². The minimum Gasteiger partial charge on any atom is -0.334 e. The third-order valence-electron chi connectivity index (χ3n) is 6.95. The Bertz CT molecular complexity index is 1250. The van der Waals surface area contributed by atoms with Crippen LogP contribution in [0.15, 0.2) is 65.6 Å². The molecule has 1 amide bonds. The molecule has 0 radical (unpaired) electrons. The molecule has 0 spiro atoms. The second-order valence-electron chi connectivity index (χ2n) is 9.00. The van der Waals surface area contributed by atoms with E-state index < -0.39 is 9.84 Å². The zero-order chi connectivity index (χ0) is 22.1. The summed E-state index contributed by atoms with van der Waals surface area (Å²) < 4.78 is 26.5. The predicted molar refractivity (Wildman–Crippen MR) is 125 cm³/mol. The lowest BCUT2D eigenvalue weighted by Gasteiger charge is -2.44. The summed E-state index contributed by atoms with van der Waals surface area (Å²) in [6.07, 6.45) is 6.91. The maximum atomic E-state index is 13.3. The quantitative estimate of drug-likeness (QED) is 0.563. The van der Waals surface area contributed by atoms with E-state index >= 15 is 0 Å². The van der Waals surface area contributed by atoms with E-state index in [1.807, 2.05) is 35.2 Å². The number of hydrogen-bond acceptors (Lipinski definition) is 4. The molecule has 2 heterocycles. The molecule has 32 heavy (non-hydrogen) atoms. The normalized spacial score (nSPS) is 21.3. The molecule has 2 fully saturated rings. The third kappa shape index (κ3) is 4.04. The van der Waals surface area contributed by atoms with Crippen molar-refractivity contribution in [1.29, 1.82) is 0 Å². The predicted octanol–water partition coefficient (Wildman–Crippen LogP) is 5.00.